The highest BCUT2D eigenvalue weighted by atomic mass is 16.5. The Morgan fingerprint density at radius 1 is 1.21 bits per heavy atom. The van der Waals surface area contributed by atoms with Crippen LogP contribution in [0.25, 0.3) is 0 Å². The fraction of sp³-hybridized carbons (Fsp3) is 0.440. The van der Waals surface area contributed by atoms with Gasteiger partial charge in [-0.05, 0) is 42.3 Å². The van der Waals surface area contributed by atoms with Gasteiger partial charge in [0.05, 0.1) is 11.8 Å². The highest BCUT2D eigenvalue weighted by Gasteiger charge is 2.53. The maximum atomic E-state index is 12.7. The van der Waals surface area contributed by atoms with E-state index in [1.54, 1.807) is 18.2 Å². The zero-order chi connectivity index (χ0) is 23.0. The van der Waals surface area contributed by atoms with Gasteiger partial charge in [0.25, 0.3) is 11.8 Å². The summed E-state index contributed by atoms with van der Waals surface area (Å²) in [6, 6.07) is 13.4. The molecule has 3 aliphatic heterocycles. The quantitative estimate of drug-likeness (QED) is 0.613. The lowest BCUT2D eigenvalue weighted by Gasteiger charge is -2.49. The van der Waals surface area contributed by atoms with Crippen LogP contribution < -0.4 is 15.4 Å². The largest absolute Gasteiger partial charge is 0.472 e. The number of fused-ring (bicyclic) bond motifs is 2. The van der Waals surface area contributed by atoms with Gasteiger partial charge in [-0.3, -0.25) is 19.4 Å². The van der Waals surface area contributed by atoms with Crippen LogP contribution in [0.4, 0.5) is 5.69 Å². The average Bonchev–Trinajstić information content (AvgIpc) is 2.80. The topological polar surface area (TPSA) is 94.1 Å². The van der Waals surface area contributed by atoms with Crippen LogP contribution in [0.15, 0.2) is 42.5 Å². The predicted molar refractivity (Wildman–Crippen MR) is 124 cm³/mol. The standard InChI is InChI=1S/C25H30N4O4/c1-2-28-15-25(16-28)24(32)27-21-11-18(7-8-22(21)33-25)23(31)26-12-20(30)14-29-10-9-17-5-3-4-6-19(17)13-29/h3-8,11,20,30H,2,9-10,12-16H2,1H3,(H,26,31)(H,27,32). The molecule has 0 aromatic heterocycles. The Hall–Kier alpha value is -2.94. The van der Waals surface area contributed by atoms with Gasteiger partial charge in [-0.2, -0.15) is 0 Å². The molecule has 5 rings (SSSR count). The number of benzene rings is 2. The molecule has 0 saturated carbocycles. The lowest BCUT2D eigenvalue weighted by molar-refractivity contribution is -0.149. The van der Waals surface area contributed by atoms with Crippen LogP contribution in [-0.2, 0) is 17.8 Å². The summed E-state index contributed by atoms with van der Waals surface area (Å²) in [6.45, 7) is 6.42. The molecule has 8 nitrogen and oxygen atoms in total. The van der Waals surface area contributed by atoms with Crippen LogP contribution in [-0.4, -0.2) is 77.7 Å². The first-order valence-electron chi connectivity index (χ1n) is 11.6. The Bertz CT molecular complexity index is 1070. The van der Waals surface area contributed by atoms with E-state index in [4.69, 9.17) is 4.74 Å². The van der Waals surface area contributed by atoms with E-state index in [1.165, 1.54) is 11.1 Å². The van der Waals surface area contributed by atoms with Crippen molar-refractivity contribution >= 4 is 17.5 Å². The molecule has 33 heavy (non-hydrogen) atoms. The number of likely N-dealkylation sites (N-methyl/N-ethyl adjacent to an activating group) is 1. The molecule has 1 saturated heterocycles. The minimum absolute atomic E-state index is 0.160. The maximum absolute atomic E-state index is 12.7. The molecule has 1 atom stereocenters. The third-order valence-corrected chi connectivity index (χ3v) is 6.79. The summed E-state index contributed by atoms with van der Waals surface area (Å²) in [7, 11) is 0. The van der Waals surface area contributed by atoms with E-state index in [9.17, 15) is 14.7 Å². The Labute approximate surface area is 193 Å². The molecule has 1 unspecified atom stereocenters. The number of hydrogen-bond acceptors (Lipinski definition) is 6. The van der Waals surface area contributed by atoms with Crippen molar-refractivity contribution in [3.05, 3.63) is 59.2 Å². The van der Waals surface area contributed by atoms with Gasteiger partial charge in [0, 0.05) is 44.8 Å². The summed E-state index contributed by atoms with van der Waals surface area (Å²) in [5, 5.41) is 16.2. The van der Waals surface area contributed by atoms with Crippen molar-refractivity contribution in [2.24, 2.45) is 0 Å². The first-order chi connectivity index (χ1) is 16.0. The van der Waals surface area contributed by atoms with E-state index < -0.39 is 11.7 Å². The van der Waals surface area contributed by atoms with Crippen molar-refractivity contribution in [1.29, 1.82) is 0 Å². The number of aliphatic hydroxyl groups is 1. The van der Waals surface area contributed by atoms with Gasteiger partial charge in [0.1, 0.15) is 5.75 Å². The van der Waals surface area contributed by atoms with Crippen LogP contribution >= 0.6 is 0 Å². The fourth-order valence-electron chi connectivity index (χ4n) is 4.84. The van der Waals surface area contributed by atoms with Gasteiger partial charge in [-0.25, -0.2) is 0 Å². The van der Waals surface area contributed by atoms with Crippen molar-refractivity contribution < 1.29 is 19.4 Å². The number of rotatable bonds is 6. The highest BCUT2D eigenvalue weighted by molar-refractivity contribution is 6.03. The molecule has 0 bridgehead atoms. The second-order valence-electron chi connectivity index (χ2n) is 9.18. The zero-order valence-corrected chi connectivity index (χ0v) is 18.8. The van der Waals surface area contributed by atoms with Gasteiger partial charge < -0.3 is 20.5 Å². The molecule has 1 fully saturated rings. The molecule has 2 amide bonds. The zero-order valence-electron chi connectivity index (χ0n) is 18.8. The summed E-state index contributed by atoms with van der Waals surface area (Å²) in [5.74, 6) is 0.110. The molecule has 0 aliphatic carbocycles. The number of aliphatic hydroxyl groups excluding tert-OH is 1. The predicted octanol–water partition coefficient (Wildman–Crippen LogP) is 1.24. The summed E-state index contributed by atoms with van der Waals surface area (Å²) >= 11 is 0. The molecule has 1 spiro atoms. The number of ether oxygens (including phenoxy) is 1. The molecule has 3 aliphatic rings. The average molecular weight is 451 g/mol. The smallest absolute Gasteiger partial charge is 0.271 e. The second-order valence-corrected chi connectivity index (χ2v) is 9.18. The monoisotopic (exact) mass is 450 g/mol. The number of β-amino-alcohol motifs (C(OH)–C–C–N with tert-alkyl or cyclic N) is 1. The minimum atomic E-state index is -0.828. The highest BCUT2D eigenvalue weighted by Crippen LogP contribution is 2.38. The van der Waals surface area contributed by atoms with E-state index in [-0.39, 0.29) is 18.4 Å². The molecule has 2 aromatic rings. The lowest BCUT2D eigenvalue weighted by Crippen LogP contribution is -2.71. The number of carbonyl (C=O) groups is 2. The van der Waals surface area contributed by atoms with Crippen LogP contribution in [0.2, 0.25) is 0 Å². The van der Waals surface area contributed by atoms with E-state index in [1.807, 2.05) is 6.07 Å². The SMILES string of the molecule is CCN1CC2(C1)Oc1ccc(C(=O)NCC(O)CN3CCc4ccccc4C3)cc1NC2=O. The maximum Gasteiger partial charge on any atom is 0.271 e. The van der Waals surface area contributed by atoms with Gasteiger partial charge in [0.15, 0.2) is 0 Å². The van der Waals surface area contributed by atoms with Crippen LogP contribution in [0.1, 0.15) is 28.4 Å². The number of amides is 2. The molecule has 0 radical (unpaired) electrons. The molecule has 8 heteroatoms. The first-order valence-corrected chi connectivity index (χ1v) is 11.6. The fourth-order valence-corrected chi connectivity index (χ4v) is 4.84. The van der Waals surface area contributed by atoms with E-state index in [0.29, 0.717) is 36.6 Å². The number of nitrogens with one attached hydrogen (secondary N) is 2. The summed E-state index contributed by atoms with van der Waals surface area (Å²) < 4.78 is 6.01. The van der Waals surface area contributed by atoms with Crippen molar-refractivity contribution in [2.45, 2.75) is 31.6 Å². The lowest BCUT2D eigenvalue weighted by atomic mass is 9.91. The van der Waals surface area contributed by atoms with Gasteiger partial charge >= 0.3 is 0 Å². The number of nitrogens with zero attached hydrogens (tertiary/aromatic N) is 2. The molecular weight excluding hydrogens is 420 g/mol. The third kappa shape index (κ3) is 4.34. The van der Waals surface area contributed by atoms with Gasteiger partial charge in [0.2, 0.25) is 5.60 Å². The van der Waals surface area contributed by atoms with Crippen LogP contribution in [0, 0.1) is 0 Å². The molecule has 174 valence electrons. The summed E-state index contributed by atoms with van der Waals surface area (Å²) in [4.78, 5) is 29.6. The number of carbonyl (C=O) groups excluding carboxylic acids is 2. The molecule has 3 N–H and O–H groups in total. The third-order valence-electron chi connectivity index (χ3n) is 6.79. The number of likely N-dealkylation sites (tertiary alicyclic amines) is 1. The van der Waals surface area contributed by atoms with E-state index >= 15 is 0 Å². The molecule has 2 aromatic carbocycles. The van der Waals surface area contributed by atoms with E-state index in [0.717, 1.165) is 26.1 Å². The van der Waals surface area contributed by atoms with Crippen LogP contribution in [0.5, 0.6) is 5.75 Å². The van der Waals surface area contributed by atoms with Crippen molar-refractivity contribution in [2.75, 3.05) is 44.6 Å². The number of anilines is 1. The van der Waals surface area contributed by atoms with Gasteiger partial charge in [-0.1, -0.05) is 31.2 Å². The molecule has 3 heterocycles. The summed E-state index contributed by atoms with van der Waals surface area (Å²) in [6.07, 6.45) is 0.301. The van der Waals surface area contributed by atoms with Gasteiger partial charge in [-0.15, -0.1) is 0 Å². The van der Waals surface area contributed by atoms with Crippen molar-refractivity contribution in [3.8, 4) is 5.75 Å². The minimum Gasteiger partial charge on any atom is -0.472 e. The molecular formula is C25H30N4O4. The Morgan fingerprint density at radius 2 is 2.00 bits per heavy atom. The van der Waals surface area contributed by atoms with Crippen molar-refractivity contribution in [3.63, 3.8) is 0 Å². The normalized spacial score (nSPS) is 20.1. The summed E-state index contributed by atoms with van der Waals surface area (Å²) in [5.41, 5.74) is 2.75. The second kappa shape index (κ2) is 8.78. The van der Waals surface area contributed by atoms with Crippen LogP contribution in [0.3, 0.4) is 0 Å². The first kappa shape index (κ1) is 21.9. The Kier molecular flexibility index (Phi) is 5.82. The Morgan fingerprint density at radius 3 is 2.79 bits per heavy atom. The Balaban J connectivity index is 1.14. The van der Waals surface area contributed by atoms with E-state index in [2.05, 4.69) is 45.6 Å². The number of hydrogen-bond donors (Lipinski definition) is 3. The van der Waals surface area contributed by atoms with Crippen molar-refractivity contribution in [1.82, 2.24) is 15.1 Å².